The summed E-state index contributed by atoms with van der Waals surface area (Å²) >= 11 is 0. The minimum atomic E-state index is -0.544. The number of carbonyl (C=O) groups is 1. The van der Waals surface area contributed by atoms with Crippen molar-refractivity contribution in [1.29, 1.82) is 0 Å². The van der Waals surface area contributed by atoms with Crippen molar-refractivity contribution in [1.82, 2.24) is 10.2 Å². The Kier molecular flexibility index (Phi) is 5.54. The lowest BCUT2D eigenvalue weighted by Gasteiger charge is -2.10. The van der Waals surface area contributed by atoms with Gasteiger partial charge in [0.05, 0.1) is 22.4 Å². The Hall–Kier alpha value is -4.86. The van der Waals surface area contributed by atoms with Gasteiger partial charge in [0.15, 0.2) is 11.5 Å². The van der Waals surface area contributed by atoms with Crippen LogP contribution < -0.4 is 19.5 Å². The van der Waals surface area contributed by atoms with Gasteiger partial charge in [-0.2, -0.15) is 5.10 Å². The van der Waals surface area contributed by atoms with Crippen LogP contribution in [0, 0.1) is 24.0 Å². The van der Waals surface area contributed by atoms with E-state index in [0.29, 0.717) is 22.9 Å². The van der Waals surface area contributed by atoms with E-state index in [0.717, 1.165) is 16.7 Å². The number of aromatic nitrogens is 2. The molecule has 0 radical (unpaired) electrons. The third-order valence-corrected chi connectivity index (χ3v) is 5.28. The van der Waals surface area contributed by atoms with E-state index >= 15 is 0 Å². The summed E-state index contributed by atoms with van der Waals surface area (Å²) in [5.41, 5.74) is 3.44. The largest absolute Gasteiger partial charge is 0.457 e. The molecule has 2 N–H and O–H groups in total. The molecule has 10 heteroatoms. The molecule has 1 amide bonds. The zero-order valence-electron chi connectivity index (χ0n) is 18.8. The summed E-state index contributed by atoms with van der Waals surface area (Å²) in [5.74, 6) is 1.51. The molecule has 2 heterocycles. The smallest absolute Gasteiger partial charge is 0.275 e. The minimum Gasteiger partial charge on any atom is -0.457 e. The summed E-state index contributed by atoms with van der Waals surface area (Å²) in [6, 6.07) is 16.7. The molecule has 0 fully saturated rings. The number of ether oxygens (including phenoxy) is 3. The average molecular weight is 472 g/mol. The van der Waals surface area contributed by atoms with Gasteiger partial charge in [-0.3, -0.25) is 20.0 Å². The lowest BCUT2D eigenvalue weighted by Crippen LogP contribution is -2.12. The van der Waals surface area contributed by atoms with Crippen molar-refractivity contribution in [3.63, 3.8) is 0 Å². The van der Waals surface area contributed by atoms with Crippen molar-refractivity contribution < 1.29 is 23.9 Å². The molecule has 1 aliphatic rings. The van der Waals surface area contributed by atoms with Gasteiger partial charge >= 0.3 is 0 Å². The molecule has 3 aromatic carbocycles. The molecular weight excluding hydrogens is 452 g/mol. The molecule has 0 saturated heterocycles. The number of non-ortho nitro benzene ring substituents is 1. The third-order valence-electron chi connectivity index (χ3n) is 5.28. The predicted octanol–water partition coefficient (Wildman–Crippen LogP) is 5.38. The average Bonchev–Trinajstić information content (AvgIpc) is 3.47. The normalized spacial score (nSPS) is 11.8. The highest BCUT2D eigenvalue weighted by atomic mass is 16.7. The van der Waals surface area contributed by atoms with Gasteiger partial charge < -0.3 is 19.5 Å². The Balaban J connectivity index is 1.37. The number of nitro benzene ring substituents is 1. The standard InChI is InChI=1S/C25H20N4O6/c1-14-5-15(2)7-19(6-14)35-20-10-17(9-18(11-20)29(31)32)26-25(30)22-12-21(27-28-22)16-3-4-23-24(8-16)34-13-33-23/h3-12H,13H2,1-2H3,(H,26,30)(H,27,28). The Morgan fingerprint density at radius 3 is 2.51 bits per heavy atom. The number of amides is 1. The molecule has 0 saturated carbocycles. The lowest BCUT2D eigenvalue weighted by molar-refractivity contribution is -0.384. The number of fused-ring (bicyclic) bond motifs is 1. The summed E-state index contributed by atoms with van der Waals surface area (Å²) < 4.78 is 16.6. The number of nitrogens with one attached hydrogen (secondary N) is 2. The second kappa shape index (κ2) is 8.82. The number of aromatic amines is 1. The van der Waals surface area contributed by atoms with Gasteiger partial charge in [-0.25, -0.2) is 0 Å². The fraction of sp³-hybridized carbons (Fsp3) is 0.120. The molecule has 0 spiro atoms. The van der Waals surface area contributed by atoms with Crippen LogP contribution in [-0.2, 0) is 0 Å². The molecule has 176 valence electrons. The van der Waals surface area contributed by atoms with E-state index in [2.05, 4.69) is 15.5 Å². The number of benzene rings is 3. The summed E-state index contributed by atoms with van der Waals surface area (Å²) in [6.45, 7) is 4.02. The molecule has 0 bridgehead atoms. The van der Waals surface area contributed by atoms with Crippen molar-refractivity contribution in [3.05, 3.63) is 87.6 Å². The second-order valence-corrected chi connectivity index (χ2v) is 8.09. The number of rotatable bonds is 6. The van der Waals surface area contributed by atoms with E-state index in [-0.39, 0.29) is 29.6 Å². The maximum atomic E-state index is 12.8. The summed E-state index contributed by atoms with van der Waals surface area (Å²) in [7, 11) is 0. The Morgan fingerprint density at radius 1 is 1.00 bits per heavy atom. The molecule has 1 aromatic heterocycles. The molecule has 0 unspecified atom stereocenters. The second-order valence-electron chi connectivity index (χ2n) is 8.09. The van der Waals surface area contributed by atoms with E-state index < -0.39 is 10.8 Å². The van der Waals surface area contributed by atoms with Crippen molar-refractivity contribution in [3.8, 4) is 34.3 Å². The summed E-state index contributed by atoms with van der Waals surface area (Å²) in [5, 5.41) is 21.0. The van der Waals surface area contributed by atoms with Gasteiger partial charge in [-0.05, 0) is 61.4 Å². The van der Waals surface area contributed by atoms with Crippen LogP contribution in [0.2, 0.25) is 0 Å². The Labute approximate surface area is 199 Å². The highest BCUT2D eigenvalue weighted by molar-refractivity contribution is 6.03. The molecule has 35 heavy (non-hydrogen) atoms. The zero-order valence-corrected chi connectivity index (χ0v) is 18.8. The molecule has 0 aliphatic carbocycles. The van der Waals surface area contributed by atoms with Crippen LogP contribution in [0.4, 0.5) is 11.4 Å². The first kappa shape index (κ1) is 22.0. The number of H-pyrrole nitrogens is 1. The van der Waals surface area contributed by atoms with Crippen molar-refractivity contribution in [2.45, 2.75) is 13.8 Å². The van der Waals surface area contributed by atoms with Crippen molar-refractivity contribution >= 4 is 17.3 Å². The SMILES string of the molecule is Cc1cc(C)cc(Oc2cc(NC(=O)c3cc(-c4ccc5c(c4)OCO5)n[nH]3)cc([N+](=O)[O-])c2)c1. The maximum absolute atomic E-state index is 12.8. The molecule has 5 rings (SSSR count). The molecule has 0 atom stereocenters. The van der Waals surface area contributed by atoms with E-state index in [1.54, 1.807) is 18.2 Å². The minimum absolute atomic E-state index is 0.158. The number of nitro groups is 1. The molecule has 1 aliphatic heterocycles. The van der Waals surface area contributed by atoms with Crippen molar-refractivity contribution in [2.24, 2.45) is 0 Å². The number of carbonyl (C=O) groups excluding carboxylic acids is 1. The number of aryl methyl sites for hydroxylation is 2. The van der Waals surface area contributed by atoms with Gasteiger partial charge in [-0.1, -0.05) is 6.07 Å². The van der Waals surface area contributed by atoms with Crippen molar-refractivity contribution in [2.75, 3.05) is 12.1 Å². The topological polar surface area (TPSA) is 129 Å². The van der Waals surface area contributed by atoms with Crippen LogP contribution in [0.25, 0.3) is 11.3 Å². The van der Waals surface area contributed by atoms with Crippen LogP contribution in [-0.4, -0.2) is 27.8 Å². The van der Waals surface area contributed by atoms with Crippen LogP contribution in [0.15, 0.2) is 60.7 Å². The van der Waals surface area contributed by atoms with E-state index in [4.69, 9.17) is 14.2 Å². The Morgan fingerprint density at radius 2 is 1.74 bits per heavy atom. The maximum Gasteiger partial charge on any atom is 0.275 e. The van der Waals surface area contributed by atoms with Crippen LogP contribution in [0.1, 0.15) is 21.6 Å². The highest BCUT2D eigenvalue weighted by Crippen LogP contribution is 2.36. The monoisotopic (exact) mass is 472 g/mol. The molecular formula is C25H20N4O6. The van der Waals surface area contributed by atoms with Gasteiger partial charge in [0.2, 0.25) is 6.79 Å². The quantitative estimate of drug-likeness (QED) is 0.285. The van der Waals surface area contributed by atoms with Gasteiger partial charge in [-0.15, -0.1) is 0 Å². The number of nitrogens with zero attached hydrogens (tertiary/aromatic N) is 2. The van der Waals surface area contributed by atoms with Crippen LogP contribution in [0.5, 0.6) is 23.0 Å². The third kappa shape index (κ3) is 4.76. The van der Waals surface area contributed by atoms with Gasteiger partial charge in [0, 0.05) is 17.7 Å². The van der Waals surface area contributed by atoms with E-state index in [1.807, 2.05) is 38.1 Å². The van der Waals surface area contributed by atoms with Gasteiger partial charge in [0.1, 0.15) is 17.2 Å². The van der Waals surface area contributed by atoms with E-state index in [9.17, 15) is 14.9 Å². The first-order chi connectivity index (χ1) is 16.8. The first-order valence-electron chi connectivity index (χ1n) is 10.7. The summed E-state index contributed by atoms with van der Waals surface area (Å²) in [6.07, 6.45) is 0. The fourth-order valence-corrected chi connectivity index (χ4v) is 3.79. The van der Waals surface area contributed by atoms with Crippen LogP contribution in [0.3, 0.4) is 0 Å². The summed E-state index contributed by atoms with van der Waals surface area (Å²) in [4.78, 5) is 23.8. The molecule has 4 aromatic rings. The van der Waals surface area contributed by atoms with Gasteiger partial charge in [0.25, 0.3) is 11.6 Å². The fourth-order valence-electron chi connectivity index (χ4n) is 3.79. The number of hydrogen-bond acceptors (Lipinski definition) is 7. The van der Waals surface area contributed by atoms with E-state index in [1.165, 1.54) is 18.2 Å². The van der Waals surface area contributed by atoms with Crippen LogP contribution >= 0.6 is 0 Å². The predicted molar refractivity (Wildman–Crippen MR) is 127 cm³/mol. The lowest BCUT2D eigenvalue weighted by atomic mass is 10.1. The molecule has 10 nitrogen and oxygen atoms in total. The number of anilines is 1. The highest BCUT2D eigenvalue weighted by Gasteiger charge is 2.18. The number of hydrogen-bond donors (Lipinski definition) is 2. The Bertz CT molecular complexity index is 1440. The zero-order chi connectivity index (χ0) is 24.5. The first-order valence-corrected chi connectivity index (χ1v) is 10.7.